The molecule has 1 aliphatic rings. The number of halogens is 1. The molecule has 0 spiro atoms. The maximum absolute atomic E-state index is 12.9. The molecule has 2 aromatic rings. The lowest BCUT2D eigenvalue weighted by atomic mass is 10.1. The van der Waals surface area contributed by atoms with Crippen LogP contribution in [0.2, 0.25) is 0 Å². The van der Waals surface area contributed by atoms with E-state index in [2.05, 4.69) is 16.3 Å². The second kappa shape index (κ2) is 6.50. The molecule has 0 saturated heterocycles. The molecule has 0 radical (unpaired) electrons. The molecule has 21 heavy (non-hydrogen) atoms. The third-order valence-electron chi connectivity index (χ3n) is 3.70. The lowest BCUT2D eigenvalue weighted by molar-refractivity contribution is -0.119. The first-order chi connectivity index (χ1) is 10.2. The molecular formula is C17H18FNOS. The number of hydrogen-bond acceptors (Lipinski definition) is 3. The third-order valence-corrected chi connectivity index (χ3v) is 4.56. The quantitative estimate of drug-likeness (QED) is 0.778. The fourth-order valence-electron chi connectivity index (χ4n) is 2.47. The predicted octanol–water partition coefficient (Wildman–Crippen LogP) is 3.66. The van der Waals surface area contributed by atoms with Crippen molar-refractivity contribution in [1.82, 2.24) is 4.90 Å². The summed E-state index contributed by atoms with van der Waals surface area (Å²) in [7, 11) is 0. The Morgan fingerprint density at radius 3 is 2.62 bits per heavy atom. The standard InChI is InChI=1S/C17H18FNOS/c18-14-5-3-13(4-6-14)10-16(20)11-19(15-7-8-15)12-17-2-1-9-21-17/h1-6,9,15H,7-8,10-12H2. The first-order valence-electron chi connectivity index (χ1n) is 7.23. The molecule has 0 N–H and O–H groups in total. The number of Topliss-reactive ketones (excluding diaryl/α,β-unsaturated/α-hetero) is 1. The monoisotopic (exact) mass is 303 g/mol. The van der Waals surface area contributed by atoms with Crippen molar-refractivity contribution in [2.45, 2.75) is 31.8 Å². The second-order valence-electron chi connectivity index (χ2n) is 5.56. The van der Waals surface area contributed by atoms with E-state index in [4.69, 9.17) is 0 Å². The van der Waals surface area contributed by atoms with E-state index in [1.54, 1.807) is 23.5 Å². The van der Waals surface area contributed by atoms with Gasteiger partial charge in [0, 0.05) is 23.9 Å². The molecule has 2 nitrogen and oxygen atoms in total. The zero-order valence-electron chi connectivity index (χ0n) is 11.8. The fraction of sp³-hybridized carbons (Fsp3) is 0.353. The Morgan fingerprint density at radius 1 is 1.24 bits per heavy atom. The Kier molecular flexibility index (Phi) is 4.46. The summed E-state index contributed by atoms with van der Waals surface area (Å²) in [5.74, 6) is -0.0615. The van der Waals surface area contributed by atoms with Gasteiger partial charge in [0.2, 0.25) is 0 Å². The normalized spacial score (nSPS) is 14.6. The molecule has 0 amide bonds. The van der Waals surface area contributed by atoms with Crippen LogP contribution in [0.25, 0.3) is 0 Å². The van der Waals surface area contributed by atoms with Crippen LogP contribution in [0.3, 0.4) is 0 Å². The number of rotatable bonds is 7. The Morgan fingerprint density at radius 2 is 2.00 bits per heavy atom. The van der Waals surface area contributed by atoms with E-state index in [0.717, 1.165) is 12.1 Å². The minimum Gasteiger partial charge on any atom is -0.298 e. The molecule has 4 heteroatoms. The minimum absolute atomic E-state index is 0.199. The number of carbonyl (C=O) groups is 1. The van der Waals surface area contributed by atoms with Gasteiger partial charge in [-0.15, -0.1) is 11.3 Å². The minimum atomic E-state index is -0.261. The highest BCUT2D eigenvalue weighted by Gasteiger charge is 2.30. The Bertz CT molecular complexity index is 590. The molecule has 1 aromatic carbocycles. The molecule has 1 aromatic heterocycles. The molecule has 1 heterocycles. The fourth-order valence-corrected chi connectivity index (χ4v) is 3.20. The van der Waals surface area contributed by atoms with Crippen LogP contribution in [-0.2, 0) is 17.8 Å². The van der Waals surface area contributed by atoms with E-state index in [1.165, 1.54) is 29.9 Å². The van der Waals surface area contributed by atoms with Gasteiger partial charge in [0.25, 0.3) is 0 Å². The van der Waals surface area contributed by atoms with Crippen LogP contribution in [0.1, 0.15) is 23.3 Å². The average molecular weight is 303 g/mol. The zero-order valence-corrected chi connectivity index (χ0v) is 12.6. The molecule has 1 fully saturated rings. The van der Waals surface area contributed by atoms with E-state index in [0.29, 0.717) is 19.0 Å². The van der Waals surface area contributed by atoms with Gasteiger partial charge in [0.1, 0.15) is 5.82 Å². The van der Waals surface area contributed by atoms with E-state index >= 15 is 0 Å². The smallest absolute Gasteiger partial charge is 0.151 e. The van der Waals surface area contributed by atoms with Gasteiger partial charge >= 0.3 is 0 Å². The average Bonchev–Trinajstić information content (AvgIpc) is 3.19. The molecule has 0 aliphatic heterocycles. The van der Waals surface area contributed by atoms with Crippen molar-refractivity contribution in [3.63, 3.8) is 0 Å². The first-order valence-corrected chi connectivity index (χ1v) is 8.11. The highest BCUT2D eigenvalue weighted by molar-refractivity contribution is 7.09. The highest BCUT2D eigenvalue weighted by Crippen LogP contribution is 2.29. The summed E-state index contributed by atoms with van der Waals surface area (Å²) in [4.78, 5) is 15.8. The number of nitrogens with zero attached hydrogens (tertiary/aromatic N) is 1. The van der Waals surface area contributed by atoms with Crippen molar-refractivity contribution in [3.05, 3.63) is 58.0 Å². The summed E-state index contributed by atoms with van der Waals surface area (Å²) in [5.41, 5.74) is 0.883. The predicted molar refractivity (Wildman–Crippen MR) is 82.9 cm³/mol. The Hall–Kier alpha value is -1.52. The summed E-state index contributed by atoms with van der Waals surface area (Å²) in [6.45, 7) is 1.34. The van der Waals surface area contributed by atoms with E-state index in [-0.39, 0.29) is 11.6 Å². The van der Waals surface area contributed by atoms with Crippen molar-refractivity contribution in [2.24, 2.45) is 0 Å². The van der Waals surface area contributed by atoms with Gasteiger partial charge in [-0.1, -0.05) is 18.2 Å². The molecule has 1 saturated carbocycles. The largest absolute Gasteiger partial charge is 0.298 e. The SMILES string of the molecule is O=C(Cc1ccc(F)cc1)CN(Cc1cccs1)C1CC1. The van der Waals surface area contributed by atoms with Crippen molar-refractivity contribution in [2.75, 3.05) is 6.54 Å². The van der Waals surface area contributed by atoms with Crippen LogP contribution in [-0.4, -0.2) is 23.3 Å². The van der Waals surface area contributed by atoms with E-state index in [1.807, 2.05) is 6.07 Å². The zero-order chi connectivity index (χ0) is 14.7. The second-order valence-corrected chi connectivity index (χ2v) is 6.59. The molecular weight excluding hydrogens is 285 g/mol. The highest BCUT2D eigenvalue weighted by atomic mass is 32.1. The molecule has 110 valence electrons. The van der Waals surface area contributed by atoms with Crippen molar-refractivity contribution < 1.29 is 9.18 Å². The van der Waals surface area contributed by atoms with Crippen LogP contribution < -0.4 is 0 Å². The number of thiophene rings is 1. The lowest BCUT2D eigenvalue weighted by Gasteiger charge is -2.20. The topological polar surface area (TPSA) is 20.3 Å². The first kappa shape index (κ1) is 14.4. The molecule has 0 atom stereocenters. The Labute approximate surface area is 128 Å². The van der Waals surface area contributed by atoms with Gasteiger partial charge in [-0.25, -0.2) is 4.39 Å². The van der Waals surface area contributed by atoms with Gasteiger partial charge in [-0.2, -0.15) is 0 Å². The molecule has 0 unspecified atom stereocenters. The molecule has 3 rings (SSSR count). The number of benzene rings is 1. The van der Waals surface area contributed by atoms with Crippen LogP contribution in [0.4, 0.5) is 4.39 Å². The number of carbonyl (C=O) groups excluding carboxylic acids is 1. The van der Waals surface area contributed by atoms with Crippen molar-refractivity contribution >= 4 is 17.1 Å². The van der Waals surface area contributed by atoms with E-state index < -0.39 is 0 Å². The van der Waals surface area contributed by atoms with Gasteiger partial charge in [-0.3, -0.25) is 9.69 Å². The van der Waals surface area contributed by atoms with Crippen LogP contribution in [0, 0.1) is 5.82 Å². The van der Waals surface area contributed by atoms with Gasteiger partial charge in [-0.05, 0) is 42.0 Å². The van der Waals surface area contributed by atoms with E-state index in [9.17, 15) is 9.18 Å². The number of ketones is 1. The van der Waals surface area contributed by atoms with Crippen molar-refractivity contribution in [1.29, 1.82) is 0 Å². The van der Waals surface area contributed by atoms with Crippen molar-refractivity contribution in [3.8, 4) is 0 Å². The van der Waals surface area contributed by atoms with Crippen LogP contribution >= 0.6 is 11.3 Å². The summed E-state index contributed by atoms with van der Waals surface area (Å²) in [5, 5.41) is 2.07. The van der Waals surface area contributed by atoms with Gasteiger partial charge in [0.15, 0.2) is 5.78 Å². The number of hydrogen-bond donors (Lipinski definition) is 0. The Balaban J connectivity index is 1.57. The van der Waals surface area contributed by atoms with Gasteiger partial charge in [0.05, 0.1) is 6.54 Å². The summed E-state index contributed by atoms with van der Waals surface area (Å²) < 4.78 is 12.9. The lowest BCUT2D eigenvalue weighted by Crippen LogP contribution is -2.32. The van der Waals surface area contributed by atoms with Crippen LogP contribution in [0.5, 0.6) is 0 Å². The molecule has 1 aliphatic carbocycles. The summed E-state index contributed by atoms with van der Waals surface area (Å²) in [6.07, 6.45) is 2.76. The molecule has 0 bridgehead atoms. The summed E-state index contributed by atoms with van der Waals surface area (Å²) >= 11 is 1.73. The maximum Gasteiger partial charge on any atom is 0.151 e. The van der Waals surface area contributed by atoms with Gasteiger partial charge < -0.3 is 0 Å². The van der Waals surface area contributed by atoms with Crippen LogP contribution in [0.15, 0.2) is 41.8 Å². The maximum atomic E-state index is 12.9. The summed E-state index contributed by atoms with van der Waals surface area (Å²) in [6, 6.07) is 10.9. The third kappa shape index (κ3) is 4.22.